The minimum absolute atomic E-state index is 0.425. The van der Waals surface area contributed by atoms with Gasteiger partial charge in [-0.25, -0.2) is 0 Å². The molecule has 2 rings (SSSR count). The highest BCUT2D eigenvalue weighted by molar-refractivity contribution is 5.38. The highest BCUT2D eigenvalue weighted by Crippen LogP contribution is 2.25. The summed E-state index contributed by atoms with van der Waals surface area (Å²) in [5.74, 6) is 0.711. The number of aromatic nitrogens is 1. The summed E-state index contributed by atoms with van der Waals surface area (Å²) in [7, 11) is 1.61. The number of aryl methyl sites for hydroxylation is 1. The maximum Gasteiger partial charge on any atom is 0.124 e. The average Bonchev–Trinajstić information content (AvgIpc) is 2.89. The van der Waals surface area contributed by atoms with Crippen LogP contribution in [0, 0.1) is 6.92 Å². The van der Waals surface area contributed by atoms with Gasteiger partial charge in [0.15, 0.2) is 0 Å². The van der Waals surface area contributed by atoms with Crippen LogP contribution in [0.2, 0.25) is 0 Å². The quantitative estimate of drug-likeness (QED) is 0.849. The maximum absolute atomic E-state index is 10.2. The lowest BCUT2D eigenvalue weighted by atomic mass is 10.1. The summed E-state index contributed by atoms with van der Waals surface area (Å²) in [5, 5.41) is 10.2. The number of hydrogen-bond acceptors (Lipinski definition) is 3. The SMILES string of the molecule is COc1ccc(C)cc1C(O)CNn1cccc1. The first kappa shape index (κ1) is 12.5. The second kappa shape index (κ2) is 5.60. The van der Waals surface area contributed by atoms with Gasteiger partial charge in [-0.05, 0) is 31.2 Å². The van der Waals surface area contributed by atoms with Gasteiger partial charge in [0, 0.05) is 18.0 Å². The van der Waals surface area contributed by atoms with Crippen LogP contribution in [0.25, 0.3) is 0 Å². The number of aliphatic hydroxyl groups excluding tert-OH is 1. The molecule has 0 aliphatic carbocycles. The number of nitrogens with zero attached hydrogens (tertiary/aromatic N) is 1. The van der Waals surface area contributed by atoms with Crippen LogP contribution in [-0.2, 0) is 0 Å². The fraction of sp³-hybridized carbons (Fsp3) is 0.286. The molecule has 0 spiro atoms. The summed E-state index contributed by atoms with van der Waals surface area (Å²) >= 11 is 0. The molecule has 0 fully saturated rings. The molecule has 0 bridgehead atoms. The summed E-state index contributed by atoms with van der Waals surface area (Å²) < 4.78 is 7.07. The van der Waals surface area contributed by atoms with Gasteiger partial charge >= 0.3 is 0 Å². The first-order valence-corrected chi connectivity index (χ1v) is 5.90. The first-order valence-electron chi connectivity index (χ1n) is 5.90. The van der Waals surface area contributed by atoms with Crippen molar-refractivity contribution in [3.8, 4) is 5.75 Å². The Labute approximate surface area is 107 Å². The van der Waals surface area contributed by atoms with E-state index in [9.17, 15) is 5.11 Å². The number of methoxy groups -OCH3 is 1. The monoisotopic (exact) mass is 246 g/mol. The fourth-order valence-corrected chi connectivity index (χ4v) is 1.86. The molecule has 0 aliphatic rings. The van der Waals surface area contributed by atoms with Gasteiger partial charge in [-0.2, -0.15) is 0 Å². The normalized spacial score (nSPS) is 12.2. The third-order valence-corrected chi connectivity index (χ3v) is 2.82. The van der Waals surface area contributed by atoms with Crippen molar-refractivity contribution in [2.75, 3.05) is 19.1 Å². The van der Waals surface area contributed by atoms with Crippen LogP contribution in [0.3, 0.4) is 0 Å². The smallest absolute Gasteiger partial charge is 0.124 e. The van der Waals surface area contributed by atoms with Gasteiger partial charge in [-0.1, -0.05) is 11.6 Å². The molecule has 1 aromatic carbocycles. The number of ether oxygens (including phenoxy) is 1. The number of benzene rings is 1. The molecule has 4 heteroatoms. The summed E-state index contributed by atoms with van der Waals surface area (Å²) in [6.45, 7) is 2.42. The minimum atomic E-state index is -0.609. The Balaban J connectivity index is 2.08. The van der Waals surface area contributed by atoms with E-state index in [-0.39, 0.29) is 0 Å². The van der Waals surface area contributed by atoms with Crippen molar-refractivity contribution in [1.82, 2.24) is 4.68 Å². The molecule has 1 unspecified atom stereocenters. The van der Waals surface area contributed by atoms with Crippen molar-refractivity contribution in [2.45, 2.75) is 13.0 Å². The molecule has 1 aromatic heterocycles. The summed E-state index contributed by atoms with van der Waals surface area (Å²) in [6, 6.07) is 9.64. The molecule has 0 aliphatic heterocycles. The minimum Gasteiger partial charge on any atom is -0.496 e. The molecule has 4 nitrogen and oxygen atoms in total. The second-order valence-electron chi connectivity index (χ2n) is 4.21. The number of nitrogens with one attached hydrogen (secondary N) is 1. The van der Waals surface area contributed by atoms with Crippen LogP contribution < -0.4 is 10.2 Å². The largest absolute Gasteiger partial charge is 0.496 e. The van der Waals surface area contributed by atoms with Crippen LogP contribution >= 0.6 is 0 Å². The highest BCUT2D eigenvalue weighted by Gasteiger charge is 2.13. The molecule has 1 atom stereocenters. The van der Waals surface area contributed by atoms with E-state index in [2.05, 4.69) is 5.43 Å². The zero-order chi connectivity index (χ0) is 13.0. The Morgan fingerprint density at radius 3 is 2.72 bits per heavy atom. The molecule has 18 heavy (non-hydrogen) atoms. The lowest BCUT2D eigenvalue weighted by Gasteiger charge is -2.17. The first-order chi connectivity index (χ1) is 8.70. The van der Waals surface area contributed by atoms with Gasteiger partial charge in [0.05, 0.1) is 13.7 Å². The molecule has 0 saturated heterocycles. The summed E-state index contributed by atoms with van der Waals surface area (Å²) in [4.78, 5) is 0. The highest BCUT2D eigenvalue weighted by atomic mass is 16.5. The molecule has 96 valence electrons. The summed E-state index contributed by atoms with van der Waals surface area (Å²) in [5.41, 5.74) is 5.01. The molecule has 0 radical (unpaired) electrons. The Morgan fingerprint density at radius 2 is 2.06 bits per heavy atom. The van der Waals surface area contributed by atoms with E-state index < -0.39 is 6.10 Å². The predicted octanol–water partition coefficient (Wildman–Crippen LogP) is 2.08. The Hall–Kier alpha value is -1.94. The van der Waals surface area contributed by atoms with Crippen LogP contribution in [0.15, 0.2) is 42.7 Å². The lowest BCUT2D eigenvalue weighted by molar-refractivity contribution is 0.183. The van der Waals surface area contributed by atoms with Crippen molar-refractivity contribution >= 4 is 0 Å². The van der Waals surface area contributed by atoms with Crippen molar-refractivity contribution < 1.29 is 9.84 Å². The molecular formula is C14H18N2O2. The van der Waals surface area contributed by atoms with E-state index in [0.717, 1.165) is 11.1 Å². The van der Waals surface area contributed by atoms with E-state index in [1.165, 1.54) is 0 Å². The standard InChI is InChI=1S/C14H18N2O2/c1-11-5-6-14(18-2)12(9-11)13(17)10-15-16-7-3-4-8-16/h3-9,13,15,17H,10H2,1-2H3. The van der Waals surface area contributed by atoms with Gasteiger partial charge in [0.1, 0.15) is 11.9 Å². The van der Waals surface area contributed by atoms with Gasteiger partial charge < -0.3 is 15.3 Å². The van der Waals surface area contributed by atoms with E-state index in [0.29, 0.717) is 12.3 Å². The maximum atomic E-state index is 10.2. The Kier molecular flexibility index (Phi) is 3.89. The van der Waals surface area contributed by atoms with Crippen LogP contribution in [0.5, 0.6) is 5.75 Å². The van der Waals surface area contributed by atoms with Crippen LogP contribution in [0.1, 0.15) is 17.2 Å². The van der Waals surface area contributed by atoms with Crippen LogP contribution in [-0.4, -0.2) is 23.4 Å². The molecular weight excluding hydrogens is 228 g/mol. The van der Waals surface area contributed by atoms with Gasteiger partial charge in [0.2, 0.25) is 0 Å². The van der Waals surface area contributed by atoms with Crippen molar-refractivity contribution in [2.24, 2.45) is 0 Å². The molecule has 1 heterocycles. The Morgan fingerprint density at radius 1 is 1.33 bits per heavy atom. The van der Waals surface area contributed by atoms with E-state index >= 15 is 0 Å². The number of aliphatic hydroxyl groups is 1. The fourth-order valence-electron chi connectivity index (χ4n) is 1.86. The molecule has 2 aromatic rings. The van der Waals surface area contributed by atoms with Crippen molar-refractivity contribution in [1.29, 1.82) is 0 Å². The third kappa shape index (κ3) is 2.84. The lowest BCUT2D eigenvalue weighted by Crippen LogP contribution is -2.20. The zero-order valence-electron chi connectivity index (χ0n) is 10.6. The van der Waals surface area contributed by atoms with Gasteiger partial charge in [-0.15, -0.1) is 0 Å². The van der Waals surface area contributed by atoms with Crippen molar-refractivity contribution in [3.63, 3.8) is 0 Å². The number of rotatable bonds is 5. The topological polar surface area (TPSA) is 46.4 Å². The summed E-state index contributed by atoms with van der Waals surface area (Å²) in [6.07, 6.45) is 3.17. The second-order valence-corrected chi connectivity index (χ2v) is 4.21. The zero-order valence-corrected chi connectivity index (χ0v) is 10.6. The number of hydrogen-bond donors (Lipinski definition) is 2. The molecule has 0 amide bonds. The van der Waals surface area contributed by atoms with Gasteiger partial charge in [0.25, 0.3) is 0 Å². The molecule has 0 saturated carbocycles. The van der Waals surface area contributed by atoms with Gasteiger partial charge in [-0.3, -0.25) is 4.68 Å². The van der Waals surface area contributed by atoms with E-state index in [1.54, 1.807) is 7.11 Å². The molecule has 2 N–H and O–H groups in total. The van der Waals surface area contributed by atoms with Crippen molar-refractivity contribution in [3.05, 3.63) is 53.9 Å². The Bertz CT molecular complexity index is 495. The average molecular weight is 246 g/mol. The van der Waals surface area contributed by atoms with E-state index in [1.807, 2.05) is 54.3 Å². The van der Waals surface area contributed by atoms with E-state index in [4.69, 9.17) is 4.74 Å². The predicted molar refractivity (Wildman–Crippen MR) is 71.4 cm³/mol. The third-order valence-electron chi connectivity index (χ3n) is 2.82. The van der Waals surface area contributed by atoms with Crippen LogP contribution in [0.4, 0.5) is 0 Å².